The molecule has 0 bridgehead atoms. The van der Waals surface area contributed by atoms with Crippen LogP contribution in [-0.2, 0) is 4.79 Å². The quantitative estimate of drug-likeness (QED) is 0.722. The lowest BCUT2D eigenvalue weighted by Gasteiger charge is -2.17. The molecule has 0 aliphatic heterocycles. The summed E-state index contributed by atoms with van der Waals surface area (Å²) in [4.78, 5) is 11.9. The highest BCUT2D eigenvalue weighted by Gasteiger charge is 2.15. The van der Waals surface area contributed by atoms with Crippen LogP contribution in [-0.4, -0.2) is 12.5 Å². The average Bonchev–Trinajstić information content (AvgIpc) is 2.56. The first kappa shape index (κ1) is 18.8. The van der Waals surface area contributed by atoms with Crippen molar-refractivity contribution < 1.29 is 18.0 Å². The molecule has 0 heterocycles. The number of carbonyl (C=O) groups excluding carboxylic acids is 1. The minimum atomic E-state index is -1.60. The number of nitrogens with one attached hydrogen (secondary N) is 2. The van der Waals surface area contributed by atoms with Gasteiger partial charge in [-0.25, -0.2) is 13.2 Å². The van der Waals surface area contributed by atoms with Crippen LogP contribution in [0.15, 0.2) is 30.3 Å². The van der Waals surface area contributed by atoms with Gasteiger partial charge in [-0.05, 0) is 36.1 Å². The molecule has 0 radical (unpaired) electrons. The number of carbonyl (C=O) groups is 1. The normalized spacial score (nSPS) is 10.8. The Morgan fingerprint density at radius 1 is 1.08 bits per heavy atom. The fraction of sp³-hybridized carbons (Fsp3) is 0.316. The molecule has 25 heavy (non-hydrogen) atoms. The Hall–Kier alpha value is -2.50. The molecule has 0 atom stereocenters. The summed E-state index contributed by atoms with van der Waals surface area (Å²) >= 11 is 0. The van der Waals surface area contributed by atoms with E-state index in [2.05, 4.69) is 24.5 Å². The van der Waals surface area contributed by atoms with Gasteiger partial charge in [-0.15, -0.1) is 0 Å². The van der Waals surface area contributed by atoms with E-state index in [-0.39, 0.29) is 12.1 Å². The summed E-state index contributed by atoms with van der Waals surface area (Å²) in [5, 5.41) is 5.48. The molecule has 1 amide bonds. The summed E-state index contributed by atoms with van der Waals surface area (Å²) in [5.41, 5.74) is 2.82. The highest BCUT2D eigenvalue weighted by atomic mass is 19.2. The third kappa shape index (κ3) is 4.53. The molecular formula is C19H21F3N2O. The fourth-order valence-corrected chi connectivity index (χ4v) is 2.55. The van der Waals surface area contributed by atoms with Crippen molar-refractivity contribution in [2.45, 2.75) is 33.1 Å². The van der Waals surface area contributed by atoms with Crippen LogP contribution in [0.5, 0.6) is 0 Å². The van der Waals surface area contributed by atoms with Crippen LogP contribution in [0.2, 0.25) is 0 Å². The summed E-state index contributed by atoms with van der Waals surface area (Å²) in [7, 11) is 0. The van der Waals surface area contributed by atoms with Crippen molar-refractivity contribution in [2.24, 2.45) is 0 Å². The molecule has 134 valence electrons. The zero-order valence-electron chi connectivity index (χ0n) is 14.4. The van der Waals surface area contributed by atoms with Crippen molar-refractivity contribution in [3.05, 3.63) is 58.9 Å². The van der Waals surface area contributed by atoms with Gasteiger partial charge in [0.05, 0.1) is 5.69 Å². The number of halogens is 3. The molecule has 0 spiro atoms. The van der Waals surface area contributed by atoms with Crippen molar-refractivity contribution in [2.75, 3.05) is 17.2 Å². The third-order valence-electron chi connectivity index (χ3n) is 3.89. The van der Waals surface area contributed by atoms with Gasteiger partial charge in [0.1, 0.15) is 0 Å². The minimum Gasteiger partial charge on any atom is -0.384 e. The van der Waals surface area contributed by atoms with Crippen LogP contribution in [0, 0.1) is 24.4 Å². The zero-order chi connectivity index (χ0) is 18.6. The van der Waals surface area contributed by atoms with Crippen LogP contribution in [0.25, 0.3) is 0 Å². The summed E-state index contributed by atoms with van der Waals surface area (Å²) in [6.07, 6.45) is 0.0598. The van der Waals surface area contributed by atoms with Gasteiger partial charge >= 0.3 is 0 Å². The number of hydrogen-bond donors (Lipinski definition) is 2. The van der Waals surface area contributed by atoms with E-state index in [4.69, 9.17) is 0 Å². The first-order chi connectivity index (χ1) is 11.8. The van der Waals surface area contributed by atoms with Crippen LogP contribution < -0.4 is 10.6 Å². The maximum atomic E-state index is 13.6. The van der Waals surface area contributed by atoms with E-state index in [0.717, 1.165) is 28.9 Å². The van der Waals surface area contributed by atoms with Crippen LogP contribution >= 0.6 is 0 Å². The predicted octanol–water partition coefficient (Wildman–Crippen LogP) is 4.98. The lowest BCUT2D eigenvalue weighted by molar-refractivity contribution is -0.116. The molecule has 0 aliphatic rings. The van der Waals surface area contributed by atoms with Gasteiger partial charge in [-0.2, -0.15) is 0 Å². The van der Waals surface area contributed by atoms with Crippen molar-refractivity contribution in [1.82, 2.24) is 0 Å². The van der Waals surface area contributed by atoms with Gasteiger partial charge in [0.2, 0.25) is 5.91 Å². The minimum absolute atomic E-state index is 0.0598. The first-order valence-electron chi connectivity index (χ1n) is 8.08. The second-order valence-electron chi connectivity index (χ2n) is 6.14. The standard InChI is InChI=1S/C19H21F3N2O/c1-11(2)13-6-4-5-12(3)19(13)23-10-9-16(25)24-15-8-7-14(20)17(21)18(15)22/h4-8,11,23H,9-10H2,1-3H3,(H,24,25). The van der Waals surface area contributed by atoms with Crippen LogP contribution in [0.4, 0.5) is 24.5 Å². The van der Waals surface area contributed by atoms with E-state index in [9.17, 15) is 18.0 Å². The molecule has 0 fully saturated rings. The molecule has 2 aromatic carbocycles. The highest BCUT2D eigenvalue weighted by molar-refractivity contribution is 5.91. The van der Waals surface area contributed by atoms with E-state index in [1.807, 2.05) is 25.1 Å². The van der Waals surface area contributed by atoms with Gasteiger partial charge in [-0.1, -0.05) is 32.0 Å². The number of para-hydroxylation sites is 1. The third-order valence-corrected chi connectivity index (χ3v) is 3.89. The van der Waals surface area contributed by atoms with Gasteiger partial charge in [0, 0.05) is 18.7 Å². The monoisotopic (exact) mass is 350 g/mol. The van der Waals surface area contributed by atoms with Crippen molar-refractivity contribution >= 4 is 17.3 Å². The average molecular weight is 350 g/mol. The highest BCUT2D eigenvalue weighted by Crippen LogP contribution is 2.27. The zero-order valence-corrected chi connectivity index (χ0v) is 14.4. The van der Waals surface area contributed by atoms with Gasteiger partial charge in [0.15, 0.2) is 17.5 Å². The predicted molar refractivity (Wildman–Crippen MR) is 93.3 cm³/mol. The van der Waals surface area contributed by atoms with E-state index in [1.165, 1.54) is 0 Å². The van der Waals surface area contributed by atoms with Crippen molar-refractivity contribution in [3.63, 3.8) is 0 Å². The summed E-state index contributed by atoms with van der Waals surface area (Å²) < 4.78 is 39.6. The first-order valence-corrected chi connectivity index (χ1v) is 8.08. The number of amides is 1. The summed E-state index contributed by atoms with van der Waals surface area (Å²) in [6, 6.07) is 7.75. The Morgan fingerprint density at radius 3 is 2.48 bits per heavy atom. The number of rotatable bonds is 6. The Balaban J connectivity index is 1.97. The molecule has 3 nitrogen and oxygen atoms in total. The van der Waals surface area contributed by atoms with E-state index in [1.54, 1.807) is 0 Å². The molecule has 0 unspecified atom stereocenters. The lowest BCUT2D eigenvalue weighted by atomic mass is 9.98. The summed E-state index contributed by atoms with van der Waals surface area (Å²) in [6.45, 7) is 6.48. The fourth-order valence-electron chi connectivity index (χ4n) is 2.55. The van der Waals surface area contributed by atoms with Gasteiger partial charge < -0.3 is 10.6 Å². The molecule has 0 saturated heterocycles. The smallest absolute Gasteiger partial charge is 0.226 e. The molecule has 2 rings (SSSR count). The van der Waals surface area contributed by atoms with Gasteiger partial charge in [-0.3, -0.25) is 4.79 Å². The second kappa shape index (κ2) is 8.05. The summed E-state index contributed by atoms with van der Waals surface area (Å²) in [5.74, 6) is -4.46. The molecule has 2 aromatic rings. The van der Waals surface area contributed by atoms with E-state index >= 15 is 0 Å². The Morgan fingerprint density at radius 2 is 1.80 bits per heavy atom. The Labute approximate surface area is 145 Å². The van der Waals surface area contributed by atoms with Gasteiger partial charge in [0.25, 0.3) is 0 Å². The maximum absolute atomic E-state index is 13.6. The number of hydrogen-bond acceptors (Lipinski definition) is 2. The van der Waals surface area contributed by atoms with E-state index < -0.39 is 23.4 Å². The van der Waals surface area contributed by atoms with Crippen LogP contribution in [0.1, 0.15) is 37.3 Å². The van der Waals surface area contributed by atoms with Crippen molar-refractivity contribution in [1.29, 1.82) is 0 Å². The number of benzene rings is 2. The van der Waals surface area contributed by atoms with Crippen LogP contribution in [0.3, 0.4) is 0 Å². The number of anilines is 2. The Bertz CT molecular complexity index is 776. The molecular weight excluding hydrogens is 329 g/mol. The second-order valence-corrected chi connectivity index (χ2v) is 6.14. The topological polar surface area (TPSA) is 41.1 Å². The molecule has 0 aromatic heterocycles. The Kier molecular flexibility index (Phi) is 6.07. The van der Waals surface area contributed by atoms with Crippen molar-refractivity contribution in [3.8, 4) is 0 Å². The maximum Gasteiger partial charge on any atom is 0.226 e. The lowest BCUT2D eigenvalue weighted by Crippen LogP contribution is -2.18. The molecule has 0 saturated carbocycles. The molecule has 0 aliphatic carbocycles. The molecule has 2 N–H and O–H groups in total. The SMILES string of the molecule is Cc1cccc(C(C)C)c1NCCC(=O)Nc1ccc(F)c(F)c1F. The van der Waals surface area contributed by atoms with E-state index in [0.29, 0.717) is 12.5 Å². The molecule has 6 heteroatoms. The largest absolute Gasteiger partial charge is 0.384 e. The number of aryl methyl sites for hydroxylation is 1.